The van der Waals surface area contributed by atoms with Gasteiger partial charge in [-0.3, -0.25) is 14.1 Å². The van der Waals surface area contributed by atoms with Gasteiger partial charge in [0.25, 0.3) is 10.1 Å². The highest BCUT2D eigenvalue weighted by molar-refractivity contribution is 7.86. The summed E-state index contributed by atoms with van der Waals surface area (Å²) in [6, 6.07) is -1.79. The summed E-state index contributed by atoms with van der Waals surface area (Å²) in [7, 11) is -4.62. The first kappa shape index (κ1) is 13.8. The minimum absolute atomic E-state index is 0.370. The Balaban J connectivity index is 4.75. The van der Waals surface area contributed by atoms with Crippen LogP contribution in [0.5, 0.6) is 0 Å². The molecule has 1 amide bonds. The minimum atomic E-state index is -4.62. The van der Waals surface area contributed by atoms with Crippen LogP contribution in [0.2, 0.25) is 0 Å². The molecule has 0 unspecified atom stereocenters. The molecule has 0 aliphatic rings. The maximum atomic E-state index is 10.7. The first-order valence-corrected chi connectivity index (χ1v) is 5.39. The van der Waals surface area contributed by atoms with Crippen molar-refractivity contribution in [2.24, 2.45) is 11.5 Å². The molecular formula is C6H12N2O6S. The second-order valence-electron chi connectivity index (χ2n) is 2.92. The fourth-order valence-electron chi connectivity index (χ4n) is 0.957. The second kappa shape index (κ2) is 5.05. The van der Waals surface area contributed by atoms with Crippen LogP contribution < -0.4 is 11.5 Å². The van der Waals surface area contributed by atoms with Crippen LogP contribution in [0.15, 0.2) is 0 Å². The molecule has 0 heterocycles. The minimum Gasteiger partial charge on any atom is -0.480 e. The summed E-state index contributed by atoms with van der Waals surface area (Å²) < 4.78 is 30.2. The summed E-state index contributed by atoms with van der Waals surface area (Å²) in [5, 5.41) is 6.73. The van der Waals surface area contributed by atoms with Gasteiger partial charge in [-0.15, -0.1) is 0 Å². The zero-order valence-electron chi connectivity index (χ0n) is 7.66. The molecule has 9 heteroatoms. The number of rotatable bonds is 6. The van der Waals surface area contributed by atoms with Gasteiger partial charge in [-0.05, 0) is 6.42 Å². The summed E-state index contributed by atoms with van der Waals surface area (Å²) in [4.78, 5) is 20.8. The Morgan fingerprint density at radius 3 is 2.07 bits per heavy atom. The lowest BCUT2D eigenvalue weighted by Crippen LogP contribution is -2.46. The van der Waals surface area contributed by atoms with Crippen LogP contribution in [-0.4, -0.2) is 41.2 Å². The number of nitrogens with two attached hydrogens (primary N) is 2. The van der Waals surface area contributed by atoms with Gasteiger partial charge in [0.05, 0.1) is 0 Å². The molecule has 0 fully saturated rings. The van der Waals surface area contributed by atoms with Crippen molar-refractivity contribution in [1.29, 1.82) is 0 Å². The molecule has 0 aliphatic heterocycles. The van der Waals surface area contributed by atoms with Crippen LogP contribution in [0.4, 0.5) is 0 Å². The van der Waals surface area contributed by atoms with E-state index < -0.39 is 39.7 Å². The zero-order chi connectivity index (χ0) is 12.2. The molecule has 88 valence electrons. The third-order valence-electron chi connectivity index (χ3n) is 1.74. The van der Waals surface area contributed by atoms with Crippen molar-refractivity contribution in [2.45, 2.75) is 24.1 Å². The summed E-state index contributed by atoms with van der Waals surface area (Å²) >= 11 is 0. The summed E-state index contributed by atoms with van der Waals surface area (Å²) in [6.07, 6.45) is -0.799. The Morgan fingerprint density at radius 1 is 1.33 bits per heavy atom. The standard InChI is InChI=1S/C6H12N2O6S/c7-4(9)2-1-3(15(12,13)14)5(8)6(10)11/h3,5H,1-2,8H2,(H2,7,9)(H,10,11)(H,12,13,14)/t3-,5+/m1/s1. The molecule has 0 aromatic carbocycles. The van der Waals surface area contributed by atoms with E-state index in [1.54, 1.807) is 0 Å². The van der Waals surface area contributed by atoms with Crippen molar-refractivity contribution >= 4 is 22.0 Å². The largest absolute Gasteiger partial charge is 0.480 e. The van der Waals surface area contributed by atoms with Crippen molar-refractivity contribution < 1.29 is 27.7 Å². The Kier molecular flexibility index (Phi) is 4.65. The van der Waals surface area contributed by atoms with Gasteiger partial charge >= 0.3 is 5.97 Å². The summed E-state index contributed by atoms with van der Waals surface area (Å²) in [5.41, 5.74) is 9.80. The van der Waals surface area contributed by atoms with E-state index in [0.717, 1.165) is 0 Å². The fourth-order valence-corrected chi connectivity index (χ4v) is 1.86. The highest BCUT2D eigenvalue weighted by Crippen LogP contribution is 2.10. The maximum Gasteiger partial charge on any atom is 0.321 e. The maximum absolute atomic E-state index is 10.7. The third kappa shape index (κ3) is 4.72. The topological polar surface area (TPSA) is 161 Å². The number of hydrogen-bond donors (Lipinski definition) is 4. The smallest absolute Gasteiger partial charge is 0.321 e. The highest BCUT2D eigenvalue weighted by atomic mass is 32.2. The number of primary amides is 1. The lowest BCUT2D eigenvalue weighted by molar-refractivity contribution is -0.138. The number of carboxylic acids is 1. The first-order valence-electron chi connectivity index (χ1n) is 3.89. The summed E-state index contributed by atoms with van der Waals surface area (Å²) in [6.45, 7) is 0. The van der Waals surface area contributed by atoms with E-state index in [4.69, 9.17) is 21.1 Å². The van der Waals surface area contributed by atoms with Crippen molar-refractivity contribution in [3.8, 4) is 0 Å². The second-order valence-corrected chi connectivity index (χ2v) is 4.56. The molecule has 0 radical (unpaired) electrons. The zero-order valence-corrected chi connectivity index (χ0v) is 8.48. The van der Waals surface area contributed by atoms with Gasteiger partial charge in [-0.1, -0.05) is 0 Å². The van der Waals surface area contributed by atoms with Crippen molar-refractivity contribution in [3.63, 3.8) is 0 Å². The lowest BCUT2D eigenvalue weighted by Gasteiger charge is -2.16. The van der Waals surface area contributed by atoms with Gasteiger partial charge in [0.1, 0.15) is 11.3 Å². The molecule has 0 bridgehead atoms. The van der Waals surface area contributed by atoms with Gasteiger partial charge in [0.15, 0.2) is 0 Å². The third-order valence-corrected chi connectivity index (χ3v) is 3.04. The van der Waals surface area contributed by atoms with Crippen molar-refractivity contribution in [2.75, 3.05) is 0 Å². The molecule has 0 aromatic heterocycles. The molecule has 8 nitrogen and oxygen atoms in total. The van der Waals surface area contributed by atoms with Crippen LogP contribution in [0.1, 0.15) is 12.8 Å². The predicted octanol–water partition coefficient (Wildman–Crippen LogP) is -2.08. The Morgan fingerprint density at radius 2 is 1.80 bits per heavy atom. The highest BCUT2D eigenvalue weighted by Gasteiger charge is 2.34. The van der Waals surface area contributed by atoms with E-state index in [2.05, 4.69) is 0 Å². The van der Waals surface area contributed by atoms with E-state index in [-0.39, 0.29) is 6.42 Å². The van der Waals surface area contributed by atoms with E-state index >= 15 is 0 Å². The van der Waals surface area contributed by atoms with Gasteiger partial charge in [0, 0.05) is 6.42 Å². The van der Waals surface area contributed by atoms with Crippen molar-refractivity contribution in [1.82, 2.24) is 0 Å². The molecule has 2 atom stereocenters. The number of carboxylic acid groups (broad SMARTS) is 1. The number of aliphatic carboxylic acids is 1. The Labute approximate surface area is 86.0 Å². The van der Waals surface area contributed by atoms with Gasteiger partial charge < -0.3 is 16.6 Å². The quantitative estimate of drug-likeness (QED) is 0.387. The van der Waals surface area contributed by atoms with Crippen LogP contribution in [0, 0.1) is 0 Å². The first-order chi connectivity index (χ1) is 6.66. The van der Waals surface area contributed by atoms with Crippen LogP contribution >= 0.6 is 0 Å². The Bertz CT molecular complexity index is 351. The van der Waals surface area contributed by atoms with Crippen LogP contribution in [-0.2, 0) is 19.7 Å². The molecule has 0 spiro atoms. The molecule has 0 saturated heterocycles. The summed E-state index contributed by atoms with van der Waals surface area (Å²) in [5.74, 6) is -2.39. The molecule has 0 saturated carbocycles. The van der Waals surface area contributed by atoms with Crippen LogP contribution in [0.25, 0.3) is 0 Å². The average Bonchev–Trinajstić information content (AvgIpc) is 2.00. The normalized spacial score (nSPS) is 15.6. The van der Waals surface area contributed by atoms with Crippen LogP contribution in [0.3, 0.4) is 0 Å². The average molecular weight is 240 g/mol. The van der Waals surface area contributed by atoms with E-state index in [0.29, 0.717) is 0 Å². The number of carbonyl (C=O) groups excluding carboxylic acids is 1. The van der Waals surface area contributed by atoms with E-state index in [1.165, 1.54) is 0 Å². The van der Waals surface area contributed by atoms with E-state index in [1.807, 2.05) is 0 Å². The van der Waals surface area contributed by atoms with Gasteiger partial charge in [-0.25, -0.2) is 0 Å². The molecule has 15 heavy (non-hydrogen) atoms. The fraction of sp³-hybridized carbons (Fsp3) is 0.667. The van der Waals surface area contributed by atoms with Gasteiger partial charge in [-0.2, -0.15) is 8.42 Å². The predicted molar refractivity (Wildman–Crippen MR) is 49.4 cm³/mol. The monoisotopic (exact) mass is 240 g/mol. The molecule has 6 N–H and O–H groups in total. The lowest BCUT2D eigenvalue weighted by atomic mass is 10.1. The van der Waals surface area contributed by atoms with Crippen molar-refractivity contribution in [3.05, 3.63) is 0 Å². The molecule has 0 aliphatic carbocycles. The van der Waals surface area contributed by atoms with Gasteiger partial charge in [0.2, 0.25) is 5.91 Å². The number of hydrogen-bond acceptors (Lipinski definition) is 5. The molecule has 0 rings (SSSR count). The van der Waals surface area contributed by atoms with E-state index in [9.17, 15) is 18.0 Å². The SMILES string of the molecule is NC(=O)CC[C@H]([C@H](N)C(=O)O)S(=O)(=O)O. The Hall–Kier alpha value is -1.19. The molecule has 0 aromatic rings. The molecular weight excluding hydrogens is 228 g/mol. The number of amides is 1. The number of carbonyl (C=O) groups is 2.